The summed E-state index contributed by atoms with van der Waals surface area (Å²) >= 11 is 1.29. The van der Waals surface area contributed by atoms with Crippen LogP contribution in [0.5, 0.6) is 0 Å². The van der Waals surface area contributed by atoms with Gasteiger partial charge in [0.25, 0.3) is 0 Å². The van der Waals surface area contributed by atoms with Crippen LogP contribution in [-0.2, 0) is 4.79 Å². The van der Waals surface area contributed by atoms with Gasteiger partial charge in [-0.15, -0.1) is 10.2 Å². The van der Waals surface area contributed by atoms with E-state index in [0.29, 0.717) is 22.8 Å². The predicted octanol–water partition coefficient (Wildman–Crippen LogP) is 2.09. The highest BCUT2D eigenvalue weighted by Crippen LogP contribution is 2.29. The van der Waals surface area contributed by atoms with Gasteiger partial charge < -0.3 is 11.2 Å². The highest BCUT2D eigenvalue weighted by Gasteiger charge is 2.28. The minimum atomic E-state index is 0.0156. The second kappa shape index (κ2) is 7.86. The van der Waals surface area contributed by atoms with E-state index >= 15 is 0 Å². The minimum Gasteiger partial charge on any atom is -0.352 e. The molecule has 2 aromatic rings. The monoisotopic (exact) mass is 360 g/mol. The molecule has 0 spiro atoms. The van der Waals surface area contributed by atoms with Crippen LogP contribution in [-0.4, -0.2) is 37.6 Å². The molecule has 3 rings (SSSR count). The van der Waals surface area contributed by atoms with Gasteiger partial charge in [-0.05, 0) is 30.4 Å². The Morgan fingerprint density at radius 3 is 3.00 bits per heavy atom. The van der Waals surface area contributed by atoms with E-state index in [9.17, 15) is 4.79 Å². The zero-order valence-corrected chi connectivity index (χ0v) is 15.4. The summed E-state index contributed by atoms with van der Waals surface area (Å²) < 4.78 is 1.40. The number of carbonyl (C=O) groups is 1. The molecular formula is C17H24N6OS. The van der Waals surface area contributed by atoms with E-state index in [1.165, 1.54) is 29.3 Å². The molecule has 0 aromatic carbocycles. The maximum absolute atomic E-state index is 12.3. The summed E-state index contributed by atoms with van der Waals surface area (Å²) in [6.07, 6.45) is 6.85. The van der Waals surface area contributed by atoms with Gasteiger partial charge in [0.05, 0.1) is 5.75 Å². The molecule has 134 valence electrons. The van der Waals surface area contributed by atoms with Crippen molar-refractivity contribution in [1.82, 2.24) is 25.2 Å². The van der Waals surface area contributed by atoms with Gasteiger partial charge in [-0.1, -0.05) is 38.5 Å². The number of aromatic nitrogens is 4. The van der Waals surface area contributed by atoms with Crippen LogP contribution in [0.4, 0.5) is 0 Å². The van der Waals surface area contributed by atoms with Crippen LogP contribution in [0.2, 0.25) is 0 Å². The molecule has 0 unspecified atom stereocenters. The van der Waals surface area contributed by atoms with Gasteiger partial charge in [0.15, 0.2) is 5.82 Å². The van der Waals surface area contributed by atoms with Gasteiger partial charge in [0, 0.05) is 24.0 Å². The number of rotatable bonds is 5. The minimum absolute atomic E-state index is 0.0156. The zero-order chi connectivity index (χ0) is 17.8. The normalized spacial score (nSPS) is 23.4. The molecule has 1 saturated carbocycles. The van der Waals surface area contributed by atoms with Gasteiger partial charge in [-0.2, -0.15) is 0 Å². The van der Waals surface area contributed by atoms with E-state index in [4.69, 9.17) is 5.84 Å². The number of nitrogens with two attached hydrogens (primary N) is 1. The third kappa shape index (κ3) is 4.12. The number of nitrogen functional groups attached to an aromatic ring is 1. The Morgan fingerprint density at radius 2 is 2.24 bits per heavy atom. The van der Waals surface area contributed by atoms with E-state index in [1.54, 1.807) is 12.4 Å². The van der Waals surface area contributed by atoms with Gasteiger partial charge in [-0.3, -0.25) is 9.78 Å². The van der Waals surface area contributed by atoms with Gasteiger partial charge >= 0.3 is 0 Å². The van der Waals surface area contributed by atoms with E-state index in [0.717, 1.165) is 12.0 Å². The fourth-order valence-corrected chi connectivity index (χ4v) is 3.90. The Balaban J connectivity index is 1.57. The predicted molar refractivity (Wildman–Crippen MR) is 98.2 cm³/mol. The zero-order valence-electron chi connectivity index (χ0n) is 14.6. The molecule has 8 heteroatoms. The molecule has 3 atom stereocenters. The summed E-state index contributed by atoms with van der Waals surface area (Å²) in [7, 11) is 0. The lowest BCUT2D eigenvalue weighted by Gasteiger charge is -2.34. The lowest BCUT2D eigenvalue weighted by Crippen LogP contribution is -2.44. The molecule has 0 bridgehead atoms. The van der Waals surface area contributed by atoms with Crippen molar-refractivity contribution in [3.05, 3.63) is 24.5 Å². The molecule has 0 aliphatic heterocycles. The molecule has 0 saturated heterocycles. The lowest BCUT2D eigenvalue weighted by atomic mass is 9.78. The Labute approximate surface area is 151 Å². The first kappa shape index (κ1) is 17.7. The highest BCUT2D eigenvalue weighted by molar-refractivity contribution is 7.99. The van der Waals surface area contributed by atoms with E-state index < -0.39 is 0 Å². The quantitative estimate of drug-likeness (QED) is 0.626. The third-order valence-electron chi connectivity index (χ3n) is 4.97. The number of amides is 1. The maximum Gasteiger partial charge on any atom is 0.230 e. The summed E-state index contributed by atoms with van der Waals surface area (Å²) in [5.74, 6) is 8.05. The second-order valence-corrected chi connectivity index (χ2v) is 7.59. The maximum atomic E-state index is 12.3. The number of pyridine rings is 1. The first-order chi connectivity index (χ1) is 12.1. The van der Waals surface area contributed by atoms with Crippen LogP contribution in [0.3, 0.4) is 0 Å². The second-order valence-electron chi connectivity index (χ2n) is 6.65. The van der Waals surface area contributed by atoms with Crippen molar-refractivity contribution >= 4 is 17.7 Å². The standard InChI is InChI=1S/C17H24N6OS/c1-11-5-3-7-14(12(11)2)20-15(24)10-25-17-22-21-16(23(17)18)13-6-4-8-19-9-13/h4,6,8-9,11-12,14H,3,5,7,10,18H2,1-2H3,(H,20,24)/t11-,12-,14-/m1/s1. The summed E-state index contributed by atoms with van der Waals surface area (Å²) in [6, 6.07) is 3.95. The Hall–Kier alpha value is -2.09. The van der Waals surface area contributed by atoms with Crippen LogP contribution in [0.1, 0.15) is 33.1 Å². The number of thioether (sulfide) groups is 1. The molecule has 0 radical (unpaired) electrons. The van der Waals surface area contributed by atoms with E-state index in [2.05, 4.69) is 34.3 Å². The number of carbonyl (C=O) groups excluding carboxylic acids is 1. The Bertz CT molecular complexity index is 719. The molecular weight excluding hydrogens is 336 g/mol. The summed E-state index contributed by atoms with van der Waals surface area (Å²) in [5.41, 5.74) is 0.791. The van der Waals surface area contributed by atoms with Crippen LogP contribution >= 0.6 is 11.8 Å². The Morgan fingerprint density at radius 1 is 1.40 bits per heavy atom. The van der Waals surface area contributed by atoms with Crippen molar-refractivity contribution in [2.45, 2.75) is 44.3 Å². The van der Waals surface area contributed by atoms with Crippen LogP contribution in [0, 0.1) is 11.8 Å². The topological polar surface area (TPSA) is 98.7 Å². The third-order valence-corrected chi connectivity index (χ3v) is 5.91. The van der Waals surface area contributed by atoms with Gasteiger partial charge in [0.2, 0.25) is 11.1 Å². The van der Waals surface area contributed by atoms with Crippen LogP contribution < -0.4 is 11.2 Å². The molecule has 3 N–H and O–H groups in total. The summed E-state index contributed by atoms with van der Waals surface area (Å²) in [6.45, 7) is 4.48. The molecule has 1 fully saturated rings. The first-order valence-electron chi connectivity index (χ1n) is 8.59. The van der Waals surface area contributed by atoms with E-state index in [1.807, 2.05) is 12.1 Å². The van der Waals surface area contributed by atoms with Crippen molar-refractivity contribution in [2.75, 3.05) is 11.6 Å². The number of nitrogens with zero attached hydrogens (tertiary/aromatic N) is 4. The fourth-order valence-electron chi connectivity index (χ4n) is 3.23. The van der Waals surface area contributed by atoms with Crippen molar-refractivity contribution in [2.24, 2.45) is 11.8 Å². The molecule has 25 heavy (non-hydrogen) atoms. The lowest BCUT2D eigenvalue weighted by molar-refractivity contribution is -0.120. The largest absolute Gasteiger partial charge is 0.352 e. The Kier molecular flexibility index (Phi) is 5.57. The van der Waals surface area contributed by atoms with Crippen LogP contribution in [0.25, 0.3) is 11.4 Å². The van der Waals surface area contributed by atoms with Gasteiger partial charge in [0.1, 0.15) is 0 Å². The summed E-state index contributed by atoms with van der Waals surface area (Å²) in [4.78, 5) is 16.3. The molecule has 1 aliphatic carbocycles. The number of nitrogens with one attached hydrogen (secondary N) is 1. The van der Waals surface area contributed by atoms with Crippen LogP contribution in [0.15, 0.2) is 29.7 Å². The van der Waals surface area contributed by atoms with E-state index in [-0.39, 0.29) is 17.7 Å². The molecule has 1 aliphatic rings. The average molecular weight is 360 g/mol. The molecule has 2 heterocycles. The SMILES string of the molecule is C[C@@H]1[C@H](C)CCC[C@H]1NC(=O)CSc1nnc(-c2cccnc2)n1N. The van der Waals surface area contributed by atoms with Crippen molar-refractivity contribution in [3.8, 4) is 11.4 Å². The van der Waals surface area contributed by atoms with Crippen molar-refractivity contribution < 1.29 is 4.79 Å². The molecule has 2 aromatic heterocycles. The highest BCUT2D eigenvalue weighted by atomic mass is 32.2. The molecule has 1 amide bonds. The smallest absolute Gasteiger partial charge is 0.230 e. The van der Waals surface area contributed by atoms with Crippen molar-refractivity contribution in [3.63, 3.8) is 0 Å². The van der Waals surface area contributed by atoms with Crippen molar-refractivity contribution in [1.29, 1.82) is 0 Å². The number of hydrogen-bond acceptors (Lipinski definition) is 6. The average Bonchev–Trinajstić information content (AvgIpc) is 2.99. The first-order valence-corrected chi connectivity index (χ1v) is 9.58. The number of hydrogen-bond donors (Lipinski definition) is 2. The molecule has 7 nitrogen and oxygen atoms in total. The van der Waals surface area contributed by atoms with Gasteiger partial charge in [-0.25, -0.2) is 4.68 Å². The summed E-state index contributed by atoms with van der Waals surface area (Å²) in [5, 5.41) is 11.9. The fraction of sp³-hybridized carbons (Fsp3) is 0.529.